The number of likely N-dealkylation sites (N-methyl/N-ethyl adjacent to an activating group) is 1. The van der Waals surface area contributed by atoms with Gasteiger partial charge in [-0.15, -0.1) is 0 Å². The van der Waals surface area contributed by atoms with Gasteiger partial charge in [-0.3, -0.25) is 4.90 Å². The maximum atomic E-state index is 5.73. The van der Waals surface area contributed by atoms with Crippen molar-refractivity contribution in [2.75, 3.05) is 25.9 Å². The van der Waals surface area contributed by atoms with E-state index in [2.05, 4.69) is 16.9 Å². The van der Waals surface area contributed by atoms with Crippen LogP contribution >= 0.6 is 0 Å². The molecule has 1 aliphatic rings. The average molecular weight is 235 g/mol. The smallest absolute Gasteiger partial charge is 0.123 e. The SMILES string of the molecule is CN(Cc1ccnc(N)c1)CC1CCCCO1. The molecule has 2 N–H and O–H groups in total. The van der Waals surface area contributed by atoms with Crippen molar-refractivity contribution in [3.8, 4) is 0 Å². The van der Waals surface area contributed by atoms with Crippen LogP contribution in [0.25, 0.3) is 0 Å². The first-order valence-electron chi connectivity index (χ1n) is 6.24. The molecule has 0 spiro atoms. The van der Waals surface area contributed by atoms with Crippen molar-refractivity contribution in [1.29, 1.82) is 0 Å². The number of aromatic nitrogens is 1. The molecule has 4 nitrogen and oxygen atoms in total. The van der Waals surface area contributed by atoms with Crippen molar-refractivity contribution in [3.05, 3.63) is 23.9 Å². The van der Waals surface area contributed by atoms with Crippen LogP contribution < -0.4 is 5.73 Å². The Morgan fingerprint density at radius 3 is 3.12 bits per heavy atom. The van der Waals surface area contributed by atoms with Gasteiger partial charge in [-0.25, -0.2) is 4.98 Å². The molecule has 1 aromatic heterocycles. The molecule has 0 radical (unpaired) electrons. The molecule has 0 aliphatic carbocycles. The Kier molecular flexibility index (Phi) is 4.34. The molecule has 2 heterocycles. The molecule has 1 aliphatic heterocycles. The largest absolute Gasteiger partial charge is 0.384 e. The standard InChI is InChI=1S/C13H21N3O/c1-16(10-12-4-2-3-7-17-12)9-11-5-6-15-13(14)8-11/h5-6,8,12H,2-4,7,9-10H2,1H3,(H2,14,15). The van der Waals surface area contributed by atoms with Crippen molar-refractivity contribution < 1.29 is 4.74 Å². The number of anilines is 1. The number of rotatable bonds is 4. The highest BCUT2D eigenvalue weighted by atomic mass is 16.5. The zero-order chi connectivity index (χ0) is 12.1. The number of pyridine rings is 1. The Morgan fingerprint density at radius 2 is 2.41 bits per heavy atom. The molecular formula is C13H21N3O. The number of hydrogen-bond donors (Lipinski definition) is 1. The zero-order valence-corrected chi connectivity index (χ0v) is 10.4. The van der Waals surface area contributed by atoms with Gasteiger partial charge in [0.05, 0.1) is 6.10 Å². The monoisotopic (exact) mass is 235 g/mol. The first kappa shape index (κ1) is 12.3. The van der Waals surface area contributed by atoms with Crippen LogP contribution in [0.1, 0.15) is 24.8 Å². The summed E-state index contributed by atoms with van der Waals surface area (Å²) in [5, 5.41) is 0. The number of nitrogens with zero attached hydrogens (tertiary/aromatic N) is 2. The highest BCUT2D eigenvalue weighted by molar-refractivity contribution is 5.31. The molecule has 1 fully saturated rings. The summed E-state index contributed by atoms with van der Waals surface area (Å²) in [4.78, 5) is 6.28. The number of nitrogen functional groups attached to an aromatic ring is 1. The van der Waals surface area contributed by atoms with Crippen LogP contribution in [0.15, 0.2) is 18.3 Å². The van der Waals surface area contributed by atoms with Crippen LogP contribution in [-0.2, 0) is 11.3 Å². The Morgan fingerprint density at radius 1 is 1.53 bits per heavy atom. The third-order valence-electron chi connectivity index (χ3n) is 3.09. The predicted molar refractivity (Wildman–Crippen MR) is 68.6 cm³/mol. The van der Waals surface area contributed by atoms with Crippen LogP contribution in [0, 0.1) is 0 Å². The minimum Gasteiger partial charge on any atom is -0.384 e. The minimum atomic E-state index is 0.396. The van der Waals surface area contributed by atoms with Crippen LogP contribution in [0.3, 0.4) is 0 Å². The van der Waals surface area contributed by atoms with Crippen LogP contribution in [0.2, 0.25) is 0 Å². The third-order valence-corrected chi connectivity index (χ3v) is 3.09. The van der Waals surface area contributed by atoms with Gasteiger partial charge in [-0.2, -0.15) is 0 Å². The molecule has 0 bridgehead atoms. The van der Waals surface area contributed by atoms with Crippen LogP contribution in [-0.4, -0.2) is 36.2 Å². The second-order valence-electron chi connectivity index (χ2n) is 4.77. The fourth-order valence-corrected chi connectivity index (χ4v) is 2.27. The van der Waals surface area contributed by atoms with E-state index in [1.54, 1.807) is 6.20 Å². The molecule has 4 heteroatoms. The van der Waals surface area contributed by atoms with Gasteiger partial charge in [0.1, 0.15) is 5.82 Å². The molecule has 94 valence electrons. The number of nitrogens with two attached hydrogens (primary N) is 1. The van der Waals surface area contributed by atoms with Crippen molar-refractivity contribution in [1.82, 2.24) is 9.88 Å². The summed E-state index contributed by atoms with van der Waals surface area (Å²) in [6.45, 7) is 2.80. The Labute approximate surface area is 103 Å². The lowest BCUT2D eigenvalue weighted by Crippen LogP contribution is -2.33. The van der Waals surface area contributed by atoms with Gasteiger partial charge in [0, 0.05) is 25.9 Å². The normalized spacial score (nSPS) is 20.7. The maximum Gasteiger partial charge on any atom is 0.123 e. The summed E-state index contributed by atoms with van der Waals surface area (Å²) in [5.74, 6) is 0.588. The highest BCUT2D eigenvalue weighted by Gasteiger charge is 2.15. The van der Waals surface area contributed by atoms with E-state index in [0.29, 0.717) is 11.9 Å². The fraction of sp³-hybridized carbons (Fsp3) is 0.615. The molecule has 1 atom stereocenters. The number of ether oxygens (including phenoxy) is 1. The van der Waals surface area contributed by atoms with Crippen molar-refractivity contribution in [2.45, 2.75) is 31.9 Å². The van der Waals surface area contributed by atoms with E-state index < -0.39 is 0 Å². The highest BCUT2D eigenvalue weighted by Crippen LogP contribution is 2.14. The van der Waals surface area contributed by atoms with Gasteiger partial charge in [0.15, 0.2) is 0 Å². The molecule has 0 amide bonds. The van der Waals surface area contributed by atoms with E-state index in [4.69, 9.17) is 10.5 Å². The molecule has 0 saturated carbocycles. The molecule has 2 rings (SSSR count). The minimum absolute atomic E-state index is 0.396. The summed E-state index contributed by atoms with van der Waals surface area (Å²) >= 11 is 0. The van der Waals surface area contributed by atoms with Gasteiger partial charge < -0.3 is 10.5 Å². The van der Waals surface area contributed by atoms with E-state index in [1.165, 1.54) is 24.8 Å². The van der Waals surface area contributed by atoms with E-state index in [9.17, 15) is 0 Å². The van der Waals surface area contributed by atoms with Crippen molar-refractivity contribution >= 4 is 5.82 Å². The second kappa shape index (κ2) is 5.98. The quantitative estimate of drug-likeness (QED) is 0.862. The van der Waals surface area contributed by atoms with Crippen LogP contribution in [0.4, 0.5) is 5.82 Å². The second-order valence-corrected chi connectivity index (χ2v) is 4.77. The van der Waals surface area contributed by atoms with E-state index in [-0.39, 0.29) is 0 Å². The first-order chi connectivity index (χ1) is 8.24. The van der Waals surface area contributed by atoms with Crippen molar-refractivity contribution in [2.24, 2.45) is 0 Å². The lowest BCUT2D eigenvalue weighted by molar-refractivity contribution is -0.00258. The lowest BCUT2D eigenvalue weighted by Gasteiger charge is -2.27. The first-order valence-corrected chi connectivity index (χ1v) is 6.24. The zero-order valence-electron chi connectivity index (χ0n) is 10.4. The van der Waals surface area contributed by atoms with E-state index >= 15 is 0 Å². The van der Waals surface area contributed by atoms with Gasteiger partial charge in [0.2, 0.25) is 0 Å². The molecule has 1 aromatic rings. The van der Waals surface area contributed by atoms with Gasteiger partial charge >= 0.3 is 0 Å². The summed E-state index contributed by atoms with van der Waals surface area (Å²) in [6.07, 6.45) is 5.84. The number of hydrogen-bond acceptors (Lipinski definition) is 4. The maximum absolute atomic E-state index is 5.73. The summed E-state index contributed by atoms with van der Waals surface area (Å²) in [5.41, 5.74) is 6.87. The summed E-state index contributed by atoms with van der Waals surface area (Å²) < 4.78 is 5.73. The Balaban J connectivity index is 1.82. The average Bonchev–Trinajstić information content (AvgIpc) is 2.30. The molecule has 1 unspecified atom stereocenters. The Bertz CT molecular complexity index is 350. The summed E-state index contributed by atoms with van der Waals surface area (Å²) in [7, 11) is 2.12. The fourth-order valence-electron chi connectivity index (χ4n) is 2.27. The summed E-state index contributed by atoms with van der Waals surface area (Å²) in [6, 6.07) is 3.94. The molecule has 0 aromatic carbocycles. The third kappa shape index (κ3) is 3.98. The van der Waals surface area contributed by atoms with Gasteiger partial charge in [-0.05, 0) is 44.0 Å². The van der Waals surface area contributed by atoms with Crippen LogP contribution in [0.5, 0.6) is 0 Å². The van der Waals surface area contributed by atoms with Crippen molar-refractivity contribution in [3.63, 3.8) is 0 Å². The molecule has 1 saturated heterocycles. The van der Waals surface area contributed by atoms with Gasteiger partial charge in [0.25, 0.3) is 0 Å². The Hall–Kier alpha value is -1.13. The van der Waals surface area contributed by atoms with E-state index in [1.807, 2.05) is 12.1 Å². The molecular weight excluding hydrogens is 214 g/mol. The predicted octanol–water partition coefficient (Wildman–Crippen LogP) is 1.66. The topological polar surface area (TPSA) is 51.4 Å². The van der Waals surface area contributed by atoms with E-state index in [0.717, 1.165) is 19.7 Å². The lowest BCUT2D eigenvalue weighted by atomic mass is 10.1. The molecule has 17 heavy (non-hydrogen) atoms. The van der Waals surface area contributed by atoms with Gasteiger partial charge in [-0.1, -0.05) is 0 Å².